The number of hydrogen-bond donors (Lipinski definition) is 1. The second kappa shape index (κ2) is 10.2. The molecule has 1 heterocycles. The summed E-state index contributed by atoms with van der Waals surface area (Å²) in [6, 6.07) is 0. The first kappa shape index (κ1) is 20.5. The van der Waals surface area contributed by atoms with Gasteiger partial charge in [-0.05, 0) is 25.2 Å². The highest BCUT2D eigenvalue weighted by atomic mass is 127. The summed E-state index contributed by atoms with van der Waals surface area (Å²) in [6.45, 7) is 11.8. The van der Waals surface area contributed by atoms with E-state index in [-0.39, 0.29) is 35.9 Å². The number of carbonyl (C=O) groups excluding carboxylic acids is 1. The molecule has 1 fully saturated rings. The van der Waals surface area contributed by atoms with Crippen LogP contribution in [0.1, 0.15) is 34.1 Å². The Kier molecular flexibility index (Phi) is 9.98. The Hall–Kier alpha value is -0.530. The van der Waals surface area contributed by atoms with Crippen molar-refractivity contribution in [2.75, 3.05) is 33.3 Å². The normalized spacial score (nSPS) is 24.0. The number of aliphatic imine (C=N–C) groups is 1. The van der Waals surface area contributed by atoms with Crippen molar-refractivity contribution in [3.8, 4) is 0 Å². The van der Waals surface area contributed by atoms with Gasteiger partial charge >= 0.3 is 5.97 Å². The van der Waals surface area contributed by atoms with E-state index in [1.54, 1.807) is 0 Å². The fourth-order valence-electron chi connectivity index (χ4n) is 2.76. The average Bonchev–Trinajstić information content (AvgIpc) is 2.40. The first-order chi connectivity index (χ1) is 9.47. The van der Waals surface area contributed by atoms with Crippen molar-refractivity contribution in [3.05, 3.63) is 0 Å². The predicted octanol–water partition coefficient (Wildman–Crippen LogP) is 2.36. The van der Waals surface area contributed by atoms with Crippen LogP contribution in [-0.4, -0.2) is 50.1 Å². The van der Waals surface area contributed by atoms with E-state index in [1.807, 2.05) is 6.92 Å². The van der Waals surface area contributed by atoms with E-state index in [4.69, 9.17) is 4.74 Å². The molecule has 21 heavy (non-hydrogen) atoms. The summed E-state index contributed by atoms with van der Waals surface area (Å²) in [5.41, 5.74) is 0. The monoisotopic (exact) mass is 411 g/mol. The Morgan fingerprint density at radius 1 is 1.38 bits per heavy atom. The fraction of sp³-hybridized carbons (Fsp3) is 0.867. The third-order valence-electron chi connectivity index (χ3n) is 3.62. The lowest BCUT2D eigenvalue weighted by Crippen LogP contribution is -2.48. The fourth-order valence-corrected chi connectivity index (χ4v) is 2.76. The smallest absolute Gasteiger partial charge is 0.310 e. The number of likely N-dealkylation sites (tertiary alicyclic amines) is 1. The van der Waals surface area contributed by atoms with Gasteiger partial charge in [0.2, 0.25) is 0 Å². The number of nitrogens with one attached hydrogen (secondary N) is 1. The minimum Gasteiger partial charge on any atom is -0.469 e. The number of guanidine groups is 1. The lowest BCUT2D eigenvalue weighted by molar-refractivity contribution is -0.144. The van der Waals surface area contributed by atoms with Gasteiger partial charge in [0.1, 0.15) is 0 Å². The molecule has 0 aliphatic carbocycles. The first-order valence-electron chi connectivity index (χ1n) is 7.59. The standard InChI is InChI=1S/C15H29N3O2.HI/c1-6-16-15(17-8-13(4)14(19)20-5)18-9-11(2)7-12(3)10-18;/h11-13H,6-10H2,1-5H3,(H,16,17);1H. The highest BCUT2D eigenvalue weighted by Crippen LogP contribution is 2.20. The number of piperidine rings is 1. The van der Waals surface area contributed by atoms with Gasteiger partial charge in [0.15, 0.2) is 5.96 Å². The van der Waals surface area contributed by atoms with E-state index in [2.05, 4.69) is 36.0 Å². The molecule has 1 aliphatic rings. The second-order valence-corrected chi connectivity index (χ2v) is 5.97. The molecule has 3 unspecified atom stereocenters. The van der Waals surface area contributed by atoms with Gasteiger partial charge in [-0.1, -0.05) is 20.8 Å². The SMILES string of the molecule is CCNC(=NCC(C)C(=O)OC)N1CC(C)CC(C)C1.I. The molecule has 124 valence electrons. The van der Waals surface area contributed by atoms with Crippen LogP contribution in [0, 0.1) is 17.8 Å². The number of nitrogens with zero attached hydrogens (tertiary/aromatic N) is 2. The van der Waals surface area contributed by atoms with Crippen molar-refractivity contribution in [1.29, 1.82) is 0 Å². The molecule has 6 heteroatoms. The van der Waals surface area contributed by atoms with Crippen molar-refractivity contribution in [1.82, 2.24) is 10.2 Å². The van der Waals surface area contributed by atoms with E-state index >= 15 is 0 Å². The van der Waals surface area contributed by atoms with Crippen molar-refractivity contribution >= 4 is 35.9 Å². The molecule has 0 radical (unpaired) electrons. The largest absolute Gasteiger partial charge is 0.469 e. The number of rotatable bonds is 4. The van der Waals surface area contributed by atoms with Gasteiger partial charge in [0.25, 0.3) is 0 Å². The summed E-state index contributed by atoms with van der Waals surface area (Å²) < 4.78 is 4.74. The van der Waals surface area contributed by atoms with Crippen LogP contribution in [0.4, 0.5) is 0 Å². The van der Waals surface area contributed by atoms with Crippen molar-refractivity contribution in [2.24, 2.45) is 22.7 Å². The Bertz CT molecular complexity index is 340. The molecule has 1 saturated heterocycles. The topological polar surface area (TPSA) is 53.9 Å². The van der Waals surface area contributed by atoms with Gasteiger partial charge in [0.05, 0.1) is 19.6 Å². The summed E-state index contributed by atoms with van der Waals surface area (Å²) in [7, 11) is 1.42. The molecule has 0 aromatic carbocycles. The number of hydrogen-bond acceptors (Lipinski definition) is 3. The molecule has 1 rings (SSSR count). The third kappa shape index (κ3) is 6.84. The minimum atomic E-state index is -0.204. The summed E-state index contributed by atoms with van der Waals surface area (Å²) in [5.74, 6) is 1.88. The summed E-state index contributed by atoms with van der Waals surface area (Å²) in [5, 5.41) is 3.33. The Morgan fingerprint density at radius 2 is 1.95 bits per heavy atom. The van der Waals surface area contributed by atoms with Gasteiger partial charge in [-0.2, -0.15) is 0 Å². The van der Waals surface area contributed by atoms with Crippen LogP contribution in [0.3, 0.4) is 0 Å². The second-order valence-electron chi connectivity index (χ2n) is 5.97. The molecule has 1 aliphatic heterocycles. The number of ether oxygens (including phenoxy) is 1. The molecule has 5 nitrogen and oxygen atoms in total. The molecule has 0 aromatic rings. The molecule has 0 aromatic heterocycles. The average molecular weight is 411 g/mol. The molecular weight excluding hydrogens is 381 g/mol. The van der Waals surface area contributed by atoms with E-state index in [9.17, 15) is 4.79 Å². The zero-order chi connectivity index (χ0) is 15.1. The van der Waals surface area contributed by atoms with Crippen LogP contribution in [0.25, 0.3) is 0 Å². The zero-order valence-electron chi connectivity index (χ0n) is 13.9. The number of esters is 1. The first-order valence-corrected chi connectivity index (χ1v) is 7.59. The zero-order valence-corrected chi connectivity index (χ0v) is 16.2. The maximum absolute atomic E-state index is 11.4. The van der Waals surface area contributed by atoms with Crippen LogP contribution in [0.5, 0.6) is 0 Å². The van der Waals surface area contributed by atoms with Crippen LogP contribution < -0.4 is 5.32 Å². The molecular formula is C15H30IN3O2. The van der Waals surface area contributed by atoms with Gasteiger partial charge in [-0.15, -0.1) is 24.0 Å². The highest BCUT2D eigenvalue weighted by molar-refractivity contribution is 14.0. The van der Waals surface area contributed by atoms with Gasteiger partial charge < -0.3 is 15.0 Å². The molecule has 0 amide bonds. The maximum Gasteiger partial charge on any atom is 0.310 e. The van der Waals surface area contributed by atoms with E-state index in [0.29, 0.717) is 18.4 Å². The Labute approximate surface area is 145 Å². The molecule has 0 saturated carbocycles. The lowest BCUT2D eigenvalue weighted by Gasteiger charge is -2.37. The van der Waals surface area contributed by atoms with E-state index in [1.165, 1.54) is 13.5 Å². The molecule has 0 spiro atoms. The Morgan fingerprint density at radius 3 is 2.43 bits per heavy atom. The quantitative estimate of drug-likeness (QED) is 0.334. The summed E-state index contributed by atoms with van der Waals surface area (Å²) >= 11 is 0. The van der Waals surface area contributed by atoms with Gasteiger partial charge in [0, 0.05) is 19.6 Å². The maximum atomic E-state index is 11.4. The molecule has 0 bridgehead atoms. The number of carbonyl (C=O) groups is 1. The minimum absolute atomic E-state index is 0. The number of methoxy groups -OCH3 is 1. The van der Waals surface area contributed by atoms with Crippen LogP contribution in [-0.2, 0) is 9.53 Å². The van der Waals surface area contributed by atoms with Gasteiger partial charge in [-0.25, -0.2) is 0 Å². The Balaban J connectivity index is 0.00000400. The molecule has 3 atom stereocenters. The third-order valence-corrected chi connectivity index (χ3v) is 3.62. The molecule has 1 N–H and O–H groups in total. The highest BCUT2D eigenvalue weighted by Gasteiger charge is 2.24. The van der Waals surface area contributed by atoms with Crippen molar-refractivity contribution in [3.63, 3.8) is 0 Å². The van der Waals surface area contributed by atoms with Gasteiger partial charge in [-0.3, -0.25) is 9.79 Å². The van der Waals surface area contributed by atoms with Crippen molar-refractivity contribution < 1.29 is 9.53 Å². The lowest BCUT2D eigenvalue weighted by atomic mass is 9.92. The summed E-state index contributed by atoms with van der Waals surface area (Å²) in [6.07, 6.45) is 1.27. The van der Waals surface area contributed by atoms with E-state index < -0.39 is 0 Å². The van der Waals surface area contributed by atoms with Crippen molar-refractivity contribution in [2.45, 2.75) is 34.1 Å². The predicted molar refractivity (Wildman–Crippen MR) is 97.1 cm³/mol. The van der Waals surface area contributed by atoms with Crippen LogP contribution in [0.2, 0.25) is 0 Å². The summed E-state index contributed by atoms with van der Waals surface area (Å²) in [4.78, 5) is 18.4. The number of halogens is 1. The van der Waals surface area contributed by atoms with E-state index in [0.717, 1.165) is 25.6 Å². The van der Waals surface area contributed by atoms with Crippen LogP contribution >= 0.6 is 24.0 Å². The van der Waals surface area contributed by atoms with Crippen LogP contribution in [0.15, 0.2) is 4.99 Å².